The predicted molar refractivity (Wildman–Crippen MR) is 136 cm³/mol. The van der Waals surface area contributed by atoms with Crippen LogP contribution >= 0.6 is 60.1 Å². The fourth-order valence-corrected chi connectivity index (χ4v) is 5.58. The van der Waals surface area contributed by atoms with E-state index in [-0.39, 0.29) is 24.8 Å². The molecule has 4 rings (SSSR count). The first kappa shape index (κ1) is 26.6. The molecule has 1 aromatic carbocycles. The molecule has 0 radical (unpaired) electrons. The number of aromatic amines is 1. The first-order chi connectivity index (χ1) is 14.7. The normalized spacial score (nSPS) is 10.6. The van der Waals surface area contributed by atoms with E-state index < -0.39 is 0 Å². The third kappa shape index (κ3) is 6.67. The smallest absolute Gasteiger partial charge is 0.209 e. The lowest BCUT2D eigenvalue weighted by molar-refractivity contribution is 0.398. The van der Waals surface area contributed by atoms with Gasteiger partial charge < -0.3 is 9.72 Å². The van der Waals surface area contributed by atoms with Crippen LogP contribution in [0, 0.1) is 0 Å². The van der Waals surface area contributed by atoms with Crippen LogP contribution in [0.3, 0.4) is 0 Å². The lowest BCUT2D eigenvalue weighted by atomic mass is 10.3. The molecule has 0 aliphatic carbocycles. The molecule has 172 valence electrons. The van der Waals surface area contributed by atoms with Gasteiger partial charge in [-0.2, -0.15) is 0 Å². The number of fused-ring (bicyclic) bond motifs is 1. The highest BCUT2D eigenvalue weighted by Crippen LogP contribution is 2.35. The highest BCUT2D eigenvalue weighted by molar-refractivity contribution is 8.00. The van der Waals surface area contributed by atoms with Crippen LogP contribution in [0.4, 0.5) is 0 Å². The molecule has 0 spiro atoms. The zero-order chi connectivity index (χ0) is 20.8. The summed E-state index contributed by atoms with van der Waals surface area (Å²) in [6, 6.07) is 10.0. The fourth-order valence-electron chi connectivity index (χ4n) is 2.79. The molecular formula is C19H23Cl2N7OS3. The molecule has 0 aliphatic heterocycles. The van der Waals surface area contributed by atoms with E-state index in [0.29, 0.717) is 5.75 Å². The van der Waals surface area contributed by atoms with Gasteiger partial charge in [-0.25, -0.2) is 9.67 Å². The second kappa shape index (κ2) is 13.1. The monoisotopic (exact) mass is 531 g/mol. The van der Waals surface area contributed by atoms with Crippen molar-refractivity contribution in [2.24, 2.45) is 7.05 Å². The molecule has 3 aromatic heterocycles. The molecule has 0 unspecified atom stereocenters. The van der Waals surface area contributed by atoms with Crippen LogP contribution in [0.5, 0.6) is 5.75 Å². The summed E-state index contributed by atoms with van der Waals surface area (Å²) in [7, 11) is 3.55. The molecule has 8 nitrogen and oxygen atoms in total. The van der Waals surface area contributed by atoms with Gasteiger partial charge in [-0.1, -0.05) is 35.7 Å². The molecule has 0 amide bonds. The van der Waals surface area contributed by atoms with E-state index in [0.717, 1.165) is 55.6 Å². The number of methoxy groups -OCH3 is 1. The number of thioether (sulfide) groups is 3. The van der Waals surface area contributed by atoms with E-state index in [2.05, 4.69) is 30.5 Å². The first-order valence-electron chi connectivity index (χ1n) is 9.32. The molecule has 1 N–H and O–H groups in total. The average Bonchev–Trinajstić information content (AvgIpc) is 3.37. The Hall–Kier alpha value is -1.66. The number of nitrogens with one attached hydrogen (secondary N) is 1. The molecule has 32 heavy (non-hydrogen) atoms. The molecule has 0 bridgehead atoms. The summed E-state index contributed by atoms with van der Waals surface area (Å²) in [5.74, 6) is 3.47. The van der Waals surface area contributed by atoms with Gasteiger partial charge >= 0.3 is 0 Å². The number of imidazole rings is 1. The number of benzene rings is 1. The van der Waals surface area contributed by atoms with Crippen LogP contribution in [-0.4, -0.2) is 53.8 Å². The van der Waals surface area contributed by atoms with Gasteiger partial charge in [0.15, 0.2) is 10.9 Å². The third-order valence-electron chi connectivity index (χ3n) is 4.22. The van der Waals surface area contributed by atoms with Crippen LogP contribution in [-0.2, 0) is 12.8 Å². The number of nitrogens with zero attached hydrogens (tertiary/aromatic N) is 6. The van der Waals surface area contributed by atoms with Crippen molar-refractivity contribution in [1.82, 2.24) is 35.2 Å². The van der Waals surface area contributed by atoms with Crippen LogP contribution in [0.2, 0.25) is 0 Å². The van der Waals surface area contributed by atoms with Crippen molar-refractivity contribution in [3.8, 4) is 5.75 Å². The van der Waals surface area contributed by atoms with Crippen molar-refractivity contribution in [3.05, 3.63) is 42.2 Å². The Morgan fingerprint density at radius 1 is 1.06 bits per heavy atom. The number of aromatic nitrogens is 7. The maximum Gasteiger partial charge on any atom is 0.209 e. The van der Waals surface area contributed by atoms with Gasteiger partial charge in [0.2, 0.25) is 5.16 Å². The second-order valence-corrected chi connectivity index (χ2v) is 9.44. The average molecular weight is 533 g/mol. The zero-order valence-electron chi connectivity index (χ0n) is 17.4. The van der Waals surface area contributed by atoms with Crippen LogP contribution in [0.15, 0.2) is 51.7 Å². The van der Waals surface area contributed by atoms with Gasteiger partial charge in [-0.15, -0.1) is 41.7 Å². The largest absolute Gasteiger partial charge is 0.494 e. The van der Waals surface area contributed by atoms with Crippen LogP contribution in [0.1, 0.15) is 12.1 Å². The van der Waals surface area contributed by atoms with Gasteiger partial charge in [-0.3, -0.25) is 4.98 Å². The molecule has 0 saturated carbocycles. The van der Waals surface area contributed by atoms with E-state index in [4.69, 9.17) is 4.74 Å². The minimum absolute atomic E-state index is 0. The predicted octanol–water partition coefficient (Wildman–Crippen LogP) is 4.90. The number of H-pyrrole nitrogens is 1. The molecule has 0 atom stereocenters. The molecule has 4 aromatic rings. The number of pyridine rings is 1. The number of tetrazole rings is 1. The Morgan fingerprint density at radius 3 is 2.62 bits per heavy atom. The maximum atomic E-state index is 5.69. The highest BCUT2D eigenvalue weighted by atomic mass is 35.5. The lowest BCUT2D eigenvalue weighted by Gasteiger charge is -2.11. The Kier molecular flexibility index (Phi) is 10.9. The topological polar surface area (TPSA) is 94.4 Å². The van der Waals surface area contributed by atoms with Gasteiger partial charge in [0.05, 0.1) is 28.7 Å². The second-order valence-electron chi connectivity index (χ2n) is 6.27. The van der Waals surface area contributed by atoms with E-state index in [9.17, 15) is 0 Å². The van der Waals surface area contributed by atoms with Gasteiger partial charge in [-0.05, 0) is 40.8 Å². The Morgan fingerprint density at radius 2 is 1.88 bits per heavy atom. The molecule has 0 saturated heterocycles. The van der Waals surface area contributed by atoms with Crippen LogP contribution < -0.4 is 4.74 Å². The Labute approximate surface area is 211 Å². The van der Waals surface area contributed by atoms with E-state index >= 15 is 0 Å². The molecule has 13 heteroatoms. The van der Waals surface area contributed by atoms with Crippen molar-refractivity contribution in [3.63, 3.8) is 0 Å². The minimum Gasteiger partial charge on any atom is -0.494 e. The molecular weight excluding hydrogens is 509 g/mol. The van der Waals surface area contributed by atoms with Crippen molar-refractivity contribution in [2.45, 2.75) is 27.4 Å². The van der Waals surface area contributed by atoms with E-state index in [1.165, 1.54) is 0 Å². The summed E-state index contributed by atoms with van der Waals surface area (Å²) in [5, 5.41) is 13.2. The number of hydrogen-bond donors (Lipinski definition) is 1. The molecule has 0 aliphatic rings. The number of para-hydroxylation sites is 2. The molecule has 0 fully saturated rings. The standard InChI is InChI=1S/C19H21N7OS3.2ClH/c1-26-19(23-24-25-26)29-11-5-10-28-16-8-9-20-15(17(16)27-2)12-30-18-21-13-6-3-4-7-14(13)22-18;;/h3-4,6-9H,5,10-12H2,1-2H3,(H,21,22);2*1H. The number of rotatable bonds is 10. The van der Waals surface area contributed by atoms with Gasteiger partial charge in [0.25, 0.3) is 0 Å². The highest BCUT2D eigenvalue weighted by Gasteiger charge is 2.13. The van der Waals surface area contributed by atoms with Gasteiger partial charge in [0.1, 0.15) is 0 Å². The summed E-state index contributed by atoms with van der Waals surface area (Å²) < 4.78 is 7.38. The summed E-state index contributed by atoms with van der Waals surface area (Å²) >= 11 is 5.08. The van der Waals surface area contributed by atoms with Gasteiger partial charge in [0, 0.05) is 24.8 Å². The summed E-state index contributed by atoms with van der Waals surface area (Å²) in [5.41, 5.74) is 2.94. The van der Waals surface area contributed by atoms with Crippen molar-refractivity contribution < 1.29 is 4.74 Å². The quantitative estimate of drug-likeness (QED) is 0.226. The summed E-state index contributed by atoms with van der Waals surface area (Å²) in [4.78, 5) is 13.6. The Bertz CT molecular complexity index is 1090. The SMILES string of the molecule is COc1c(SCCCSc2nnnn2C)ccnc1CSc1nc2ccccc2[nH]1.Cl.Cl. The third-order valence-corrected chi connectivity index (χ3v) is 7.32. The van der Waals surface area contributed by atoms with Crippen LogP contribution in [0.25, 0.3) is 11.0 Å². The van der Waals surface area contributed by atoms with Crippen molar-refractivity contribution >= 4 is 71.1 Å². The van der Waals surface area contributed by atoms with E-state index in [1.54, 1.807) is 47.1 Å². The molecule has 3 heterocycles. The summed E-state index contributed by atoms with van der Waals surface area (Å²) in [6.07, 6.45) is 2.89. The number of hydrogen-bond acceptors (Lipinski definition) is 9. The fraction of sp³-hybridized carbons (Fsp3) is 0.316. The minimum atomic E-state index is 0. The van der Waals surface area contributed by atoms with Crippen molar-refractivity contribution in [1.29, 1.82) is 0 Å². The number of ether oxygens (including phenoxy) is 1. The Balaban J connectivity index is 0.00000181. The number of halogens is 2. The zero-order valence-corrected chi connectivity index (χ0v) is 21.5. The van der Waals surface area contributed by atoms with E-state index in [1.807, 2.05) is 43.6 Å². The van der Waals surface area contributed by atoms with Crippen molar-refractivity contribution in [2.75, 3.05) is 18.6 Å². The summed E-state index contributed by atoms with van der Waals surface area (Å²) in [6.45, 7) is 0. The lowest BCUT2D eigenvalue weighted by Crippen LogP contribution is -1.97. The number of aryl methyl sites for hydroxylation is 1. The maximum absolute atomic E-state index is 5.69. The first-order valence-corrected chi connectivity index (χ1v) is 12.3.